The topological polar surface area (TPSA) is 38.3 Å². The van der Waals surface area contributed by atoms with Gasteiger partial charge in [-0.15, -0.1) is 0 Å². The van der Waals surface area contributed by atoms with E-state index in [1.807, 2.05) is 56.3 Å². The van der Waals surface area contributed by atoms with Crippen molar-refractivity contribution >= 4 is 17.5 Å². The van der Waals surface area contributed by atoms with Gasteiger partial charge in [-0.2, -0.15) is 0 Å². The molecule has 0 unspecified atom stereocenters. The smallest absolute Gasteiger partial charge is 0.223 e. The Balaban J connectivity index is 1.76. The summed E-state index contributed by atoms with van der Waals surface area (Å²) < 4.78 is 5.68. The third-order valence-corrected chi connectivity index (χ3v) is 3.94. The van der Waals surface area contributed by atoms with Crippen LogP contribution in [0.1, 0.15) is 23.1 Å². The van der Waals surface area contributed by atoms with Gasteiger partial charge >= 0.3 is 0 Å². The standard InChI is InChI=1S/C18H20ClNO2/c1-13-6-5-9-17(14(13)2)22-11-10-18(21)20-12-15-7-3-4-8-16(15)19/h3-9H,10-12H2,1-2H3,(H,20,21). The SMILES string of the molecule is Cc1cccc(OCCC(=O)NCc2ccccc2Cl)c1C. The first kappa shape index (κ1) is 16.4. The van der Waals surface area contributed by atoms with Gasteiger partial charge in [0.25, 0.3) is 0 Å². The van der Waals surface area contributed by atoms with Crippen LogP contribution in [0.15, 0.2) is 42.5 Å². The van der Waals surface area contributed by atoms with Gasteiger partial charge in [0.1, 0.15) is 5.75 Å². The Kier molecular flexibility index (Phi) is 5.84. The van der Waals surface area contributed by atoms with Gasteiger partial charge in [-0.1, -0.05) is 41.9 Å². The van der Waals surface area contributed by atoms with E-state index in [0.29, 0.717) is 24.6 Å². The summed E-state index contributed by atoms with van der Waals surface area (Å²) in [6.45, 7) is 4.85. The molecule has 1 N–H and O–H groups in total. The quantitative estimate of drug-likeness (QED) is 0.873. The van der Waals surface area contributed by atoms with Crippen LogP contribution in [0.25, 0.3) is 0 Å². The van der Waals surface area contributed by atoms with E-state index in [2.05, 4.69) is 5.32 Å². The lowest BCUT2D eigenvalue weighted by atomic mass is 10.1. The van der Waals surface area contributed by atoms with Gasteiger partial charge in [-0.3, -0.25) is 4.79 Å². The zero-order valence-electron chi connectivity index (χ0n) is 12.9. The van der Waals surface area contributed by atoms with Crippen LogP contribution < -0.4 is 10.1 Å². The third kappa shape index (κ3) is 4.50. The predicted octanol–water partition coefficient (Wildman–Crippen LogP) is 4.04. The maximum absolute atomic E-state index is 11.8. The summed E-state index contributed by atoms with van der Waals surface area (Å²) in [4.78, 5) is 11.8. The average Bonchev–Trinajstić information content (AvgIpc) is 2.51. The van der Waals surface area contributed by atoms with Crippen molar-refractivity contribution in [3.8, 4) is 5.75 Å². The molecule has 4 heteroatoms. The number of nitrogens with one attached hydrogen (secondary N) is 1. The maximum Gasteiger partial charge on any atom is 0.223 e. The number of ether oxygens (including phenoxy) is 1. The lowest BCUT2D eigenvalue weighted by Gasteiger charge is -2.11. The van der Waals surface area contributed by atoms with Crippen molar-refractivity contribution < 1.29 is 9.53 Å². The molecule has 0 saturated heterocycles. The summed E-state index contributed by atoms with van der Waals surface area (Å²) in [5.74, 6) is 0.782. The molecule has 2 aromatic carbocycles. The third-order valence-electron chi connectivity index (χ3n) is 3.58. The number of amides is 1. The Morgan fingerprint density at radius 1 is 1.14 bits per heavy atom. The van der Waals surface area contributed by atoms with E-state index in [4.69, 9.17) is 16.3 Å². The minimum absolute atomic E-state index is 0.0507. The van der Waals surface area contributed by atoms with Crippen LogP contribution >= 0.6 is 11.6 Å². The summed E-state index contributed by atoms with van der Waals surface area (Å²) in [5, 5.41) is 3.51. The minimum atomic E-state index is -0.0507. The molecule has 0 aliphatic rings. The molecule has 0 fully saturated rings. The van der Waals surface area contributed by atoms with Gasteiger partial charge in [-0.25, -0.2) is 0 Å². The van der Waals surface area contributed by atoms with E-state index in [9.17, 15) is 4.79 Å². The van der Waals surface area contributed by atoms with Crippen LogP contribution in [0.5, 0.6) is 5.75 Å². The molecule has 0 radical (unpaired) electrons. The van der Waals surface area contributed by atoms with Crippen molar-refractivity contribution in [3.63, 3.8) is 0 Å². The number of aryl methyl sites for hydroxylation is 1. The number of benzene rings is 2. The highest BCUT2D eigenvalue weighted by Crippen LogP contribution is 2.20. The first-order valence-corrected chi connectivity index (χ1v) is 7.65. The second-order valence-electron chi connectivity index (χ2n) is 5.16. The number of carbonyl (C=O) groups is 1. The molecule has 2 rings (SSSR count). The summed E-state index contributed by atoms with van der Waals surface area (Å²) in [6.07, 6.45) is 0.317. The molecule has 0 aromatic heterocycles. The van der Waals surface area contributed by atoms with Crippen LogP contribution in [-0.4, -0.2) is 12.5 Å². The van der Waals surface area contributed by atoms with Crippen molar-refractivity contribution in [1.82, 2.24) is 5.32 Å². The van der Waals surface area contributed by atoms with Gasteiger partial charge in [0, 0.05) is 11.6 Å². The highest BCUT2D eigenvalue weighted by atomic mass is 35.5. The average molecular weight is 318 g/mol. The second kappa shape index (κ2) is 7.85. The van der Waals surface area contributed by atoms with Crippen molar-refractivity contribution in [1.29, 1.82) is 0 Å². The zero-order chi connectivity index (χ0) is 15.9. The normalized spacial score (nSPS) is 10.3. The molecule has 1 amide bonds. The Labute approximate surface area is 136 Å². The Hall–Kier alpha value is -2.00. The van der Waals surface area contributed by atoms with E-state index < -0.39 is 0 Å². The van der Waals surface area contributed by atoms with Gasteiger partial charge < -0.3 is 10.1 Å². The van der Waals surface area contributed by atoms with Crippen LogP contribution in [0, 0.1) is 13.8 Å². The van der Waals surface area contributed by atoms with Crippen molar-refractivity contribution in [2.45, 2.75) is 26.8 Å². The van der Waals surface area contributed by atoms with Gasteiger partial charge in [0.2, 0.25) is 5.91 Å². The summed E-state index contributed by atoms with van der Waals surface area (Å²) in [7, 11) is 0. The number of hydrogen-bond acceptors (Lipinski definition) is 2. The fourth-order valence-corrected chi connectivity index (χ4v) is 2.26. The number of carbonyl (C=O) groups excluding carboxylic acids is 1. The van der Waals surface area contributed by atoms with Gasteiger partial charge in [-0.05, 0) is 42.7 Å². The van der Waals surface area contributed by atoms with Gasteiger partial charge in [0.15, 0.2) is 0 Å². The summed E-state index contributed by atoms with van der Waals surface area (Å²) in [6, 6.07) is 13.4. The first-order valence-electron chi connectivity index (χ1n) is 7.27. The molecular weight excluding hydrogens is 298 g/mol. The molecular formula is C18H20ClNO2. The number of hydrogen-bond donors (Lipinski definition) is 1. The molecule has 0 aliphatic carbocycles. The molecule has 3 nitrogen and oxygen atoms in total. The molecule has 2 aromatic rings. The number of halogens is 1. The first-order chi connectivity index (χ1) is 10.6. The van der Waals surface area contributed by atoms with Crippen LogP contribution in [0.2, 0.25) is 5.02 Å². The van der Waals surface area contributed by atoms with E-state index in [1.165, 1.54) is 5.56 Å². The highest BCUT2D eigenvalue weighted by molar-refractivity contribution is 6.31. The fraction of sp³-hybridized carbons (Fsp3) is 0.278. The highest BCUT2D eigenvalue weighted by Gasteiger charge is 2.06. The van der Waals surface area contributed by atoms with Crippen molar-refractivity contribution in [2.24, 2.45) is 0 Å². The van der Waals surface area contributed by atoms with Crippen LogP contribution in [0.3, 0.4) is 0 Å². The molecule has 0 atom stereocenters. The van der Waals surface area contributed by atoms with E-state index in [0.717, 1.165) is 16.9 Å². The molecule has 0 bridgehead atoms. The minimum Gasteiger partial charge on any atom is -0.493 e. The molecule has 116 valence electrons. The second-order valence-corrected chi connectivity index (χ2v) is 5.57. The van der Waals surface area contributed by atoms with Crippen LogP contribution in [-0.2, 0) is 11.3 Å². The zero-order valence-corrected chi connectivity index (χ0v) is 13.6. The Bertz CT molecular complexity index is 655. The maximum atomic E-state index is 11.8. The monoisotopic (exact) mass is 317 g/mol. The van der Waals surface area contributed by atoms with Crippen LogP contribution in [0.4, 0.5) is 0 Å². The van der Waals surface area contributed by atoms with Crippen molar-refractivity contribution in [3.05, 3.63) is 64.2 Å². The van der Waals surface area contributed by atoms with E-state index >= 15 is 0 Å². The lowest BCUT2D eigenvalue weighted by Crippen LogP contribution is -2.24. The summed E-state index contributed by atoms with van der Waals surface area (Å²) >= 11 is 6.05. The predicted molar refractivity (Wildman–Crippen MR) is 89.3 cm³/mol. The number of rotatable bonds is 6. The molecule has 0 heterocycles. The fourth-order valence-electron chi connectivity index (χ4n) is 2.06. The molecule has 0 saturated carbocycles. The molecule has 0 spiro atoms. The Morgan fingerprint density at radius 3 is 2.68 bits per heavy atom. The lowest BCUT2D eigenvalue weighted by molar-refractivity contribution is -0.121. The van der Waals surface area contributed by atoms with E-state index in [1.54, 1.807) is 0 Å². The van der Waals surface area contributed by atoms with Gasteiger partial charge in [0.05, 0.1) is 13.0 Å². The molecule has 0 aliphatic heterocycles. The Morgan fingerprint density at radius 2 is 1.91 bits per heavy atom. The summed E-state index contributed by atoms with van der Waals surface area (Å²) in [5.41, 5.74) is 3.20. The van der Waals surface area contributed by atoms with E-state index in [-0.39, 0.29) is 5.91 Å². The largest absolute Gasteiger partial charge is 0.493 e. The molecule has 22 heavy (non-hydrogen) atoms. The van der Waals surface area contributed by atoms with Crippen molar-refractivity contribution in [2.75, 3.05) is 6.61 Å².